The lowest BCUT2D eigenvalue weighted by molar-refractivity contribution is 0.308. The minimum absolute atomic E-state index is 0.244. The maximum absolute atomic E-state index is 13.8. The van der Waals surface area contributed by atoms with Crippen LogP contribution in [0, 0.1) is 11.2 Å². The van der Waals surface area contributed by atoms with Gasteiger partial charge in [-0.25, -0.2) is 4.39 Å². The Morgan fingerprint density at radius 1 is 1.35 bits per heavy atom. The van der Waals surface area contributed by atoms with Crippen molar-refractivity contribution in [3.63, 3.8) is 0 Å². The van der Waals surface area contributed by atoms with E-state index in [9.17, 15) is 4.39 Å². The highest BCUT2D eigenvalue weighted by atomic mass is 79.9. The number of hydrogen-bond acceptors (Lipinski definition) is 2. The highest BCUT2D eigenvalue weighted by molar-refractivity contribution is 9.11. The van der Waals surface area contributed by atoms with Gasteiger partial charge in [-0.1, -0.05) is 22.5 Å². The molecule has 2 aliphatic rings. The molecular weight excluding hydrogens is 321 g/mol. The molecule has 3 rings (SSSR count). The standard InChI is InChI=1S/C16H13BrFNO/c1-9-2-4-11-14(7-5-12(18)16(9)11)20-15-6-3-10(17)8-13(15)19/h3,5-8,15,19H,1-2,4H2. The normalized spacial score (nSPS) is 20.9. The first-order valence-electron chi connectivity index (χ1n) is 6.36. The molecule has 0 bridgehead atoms. The Balaban J connectivity index is 1.92. The van der Waals surface area contributed by atoms with E-state index in [1.54, 1.807) is 12.1 Å². The minimum Gasteiger partial charge on any atom is -0.480 e. The highest BCUT2D eigenvalue weighted by Gasteiger charge is 2.25. The Morgan fingerprint density at radius 3 is 2.90 bits per heavy atom. The van der Waals surface area contributed by atoms with E-state index in [1.165, 1.54) is 6.07 Å². The number of hydrogen-bond donors (Lipinski definition) is 1. The molecule has 0 radical (unpaired) electrons. The van der Waals surface area contributed by atoms with Crippen molar-refractivity contribution >= 4 is 27.2 Å². The molecule has 0 aliphatic heterocycles. The van der Waals surface area contributed by atoms with Crippen molar-refractivity contribution < 1.29 is 9.13 Å². The van der Waals surface area contributed by atoms with Gasteiger partial charge in [-0.2, -0.15) is 0 Å². The van der Waals surface area contributed by atoms with Crippen molar-refractivity contribution in [3.8, 4) is 5.75 Å². The quantitative estimate of drug-likeness (QED) is 0.854. The van der Waals surface area contributed by atoms with Crippen LogP contribution in [0.15, 0.2) is 41.4 Å². The van der Waals surface area contributed by atoms with E-state index in [2.05, 4.69) is 22.5 Å². The van der Waals surface area contributed by atoms with Crippen molar-refractivity contribution in [1.29, 1.82) is 5.41 Å². The Hall–Kier alpha value is -1.68. The molecule has 0 saturated heterocycles. The molecule has 0 aromatic heterocycles. The molecule has 102 valence electrons. The van der Waals surface area contributed by atoms with Gasteiger partial charge in [0.1, 0.15) is 11.6 Å². The van der Waals surface area contributed by atoms with E-state index < -0.39 is 6.10 Å². The van der Waals surface area contributed by atoms with Crippen molar-refractivity contribution in [3.05, 3.63) is 58.4 Å². The van der Waals surface area contributed by atoms with Crippen LogP contribution >= 0.6 is 15.9 Å². The van der Waals surface area contributed by atoms with Gasteiger partial charge in [0.15, 0.2) is 6.10 Å². The fourth-order valence-electron chi connectivity index (χ4n) is 2.54. The maximum Gasteiger partial charge on any atom is 0.158 e. The summed E-state index contributed by atoms with van der Waals surface area (Å²) in [6, 6.07) is 3.05. The number of benzene rings is 1. The van der Waals surface area contributed by atoms with Gasteiger partial charge in [0, 0.05) is 15.6 Å². The zero-order valence-corrected chi connectivity index (χ0v) is 12.3. The summed E-state index contributed by atoms with van der Waals surface area (Å²) in [6.45, 7) is 3.90. The van der Waals surface area contributed by atoms with Crippen LogP contribution in [0.3, 0.4) is 0 Å². The average Bonchev–Trinajstić information content (AvgIpc) is 2.79. The van der Waals surface area contributed by atoms with Gasteiger partial charge >= 0.3 is 0 Å². The zero-order valence-electron chi connectivity index (χ0n) is 10.7. The summed E-state index contributed by atoms with van der Waals surface area (Å²) in [5, 5.41) is 7.93. The molecule has 0 amide bonds. The lowest BCUT2D eigenvalue weighted by atomic mass is 10.1. The fourth-order valence-corrected chi connectivity index (χ4v) is 2.94. The number of allylic oxidation sites excluding steroid dienone is 3. The third-order valence-electron chi connectivity index (χ3n) is 3.53. The van der Waals surface area contributed by atoms with Crippen LogP contribution in [0.1, 0.15) is 17.5 Å². The van der Waals surface area contributed by atoms with E-state index in [-0.39, 0.29) is 5.82 Å². The summed E-state index contributed by atoms with van der Waals surface area (Å²) in [6.07, 6.45) is 6.44. The molecule has 1 atom stereocenters. The summed E-state index contributed by atoms with van der Waals surface area (Å²) in [4.78, 5) is 0. The van der Waals surface area contributed by atoms with Crippen LogP contribution < -0.4 is 4.74 Å². The number of ether oxygens (including phenoxy) is 1. The molecule has 1 unspecified atom stereocenters. The SMILES string of the molecule is C=C1CCc2c(OC3C=CC(Br)=CC3=N)ccc(F)c21. The predicted octanol–water partition coefficient (Wildman–Crippen LogP) is 4.40. The Morgan fingerprint density at radius 2 is 2.15 bits per heavy atom. The second-order valence-electron chi connectivity index (χ2n) is 4.88. The summed E-state index contributed by atoms with van der Waals surface area (Å²) in [5.41, 5.74) is 2.64. The van der Waals surface area contributed by atoms with E-state index in [0.717, 1.165) is 28.5 Å². The maximum atomic E-state index is 13.8. The van der Waals surface area contributed by atoms with Crippen LogP contribution in [0.25, 0.3) is 5.57 Å². The second-order valence-corrected chi connectivity index (χ2v) is 5.80. The first-order chi connectivity index (χ1) is 9.56. The van der Waals surface area contributed by atoms with Gasteiger partial charge in [0.05, 0.1) is 5.71 Å². The van der Waals surface area contributed by atoms with Crippen molar-refractivity contribution in [2.75, 3.05) is 0 Å². The largest absolute Gasteiger partial charge is 0.480 e. The highest BCUT2D eigenvalue weighted by Crippen LogP contribution is 2.39. The first-order valence-corrected chi connectivity index (χ1v) is 7.15. The second kappa shape index (κ2) is 5.02. The first kappa shape index (κ1) is 13.3. The molecule has 20 heavy (non-hydrogen) atoms. The third-order valence-corrected chi connectivity index (χ3v) is 4.03. The van der Waals surface area contributed by atoms with Crippen molar-refractivity contribution in [1.82, 2.24) is 0 Å². The van der Waals surface area contributed by atoms with Gasteiger partial charge in [0.2, 0.25) is 0 Å². The van der Waals surface area contributed by atoms with Crippen molar-refractivity contribution in [2.24, 2.45) is 0 Å². The van der Waals surface area contributed by atoms with Crippen LogP contribution in [0.2, 0.25) is 0 Å². The fraction of sp³-hybridized carbons (Fsp3) is 0.188. The summed E-state index contributed by atoms with van der Waals surface area (Å²) in [5.74, 6) is 0.401. The molecule has 1 aromatic carbocycles. The molecule has 1 aromatic rings. The van der Waals surface area contributed by atoms with E-state index in [1.807, 2.05) is 12.2 Å². The third kappa shape index (κ3) is 2.24. The Bertz CT molecular complexity index is 675. The van der Waals surface area contributed by atoms with Crippen LogP contribution in [0.5, 0.6) is 5.75 Å². The van der Waals surface area contributed by atoms with Crippen LogP contribution in [-0.4, -0.2) is 11.8 Å². The number of nitrogens with one attached hydrogen (secondary N) is 1. The number of fused-ring (bicyclic) bond motifs is 1. The van der Waals surface area contributed by atoms with Crippen LogP contribution in [-0.2, 0) is 6.42 Å². The molecule has 1 N–H and O–H groups in total. The molecule has 2 aliphatic carbocycles. The van der Waals surface area contributed by atoms with Crippen LogP contribution in [0.4, 0.5) is 4.39 Å². The average molecular weight is 334 g/mol. The monoisotopic (exact) mass is 333 g/mol. The molecule has 4 heteroatoms. The lowest BCUT2D eigenvalue weighted by Gasteiger charge is -2.20. The van der Waals surface area contributed by atoms with E-state index in [0.29, 0.717) is 17.0 Å². The van der Waals surface area contributed by atoms with Gasteiger partial charge in [-0.3, -0.25) is 0 Å². The number of rotatable bonds is 2. The van der Waals surface area contributed by atoms with E-state index >= 15 is 0 Å². The van der Waals surface area contributed by atoms with Crippen molar-refractivity contribution in [2.45, 2.75) is 18.9 Å². The zero-order chi connectivity index (χ0) is 14.3. The van der Waals surface area contributed by atoms with Gasteiger partial charge in [-0.05, 0) is 48.8 Å². The summed E-state index contributed by atoms with van der Waals surface area (Å²) >= 11 is 3.33. The van der Waals surface area contributed by atoms with Gasteiger partial charge in [0.25, 0.3) is 0 Å². The lowest BCUT2D eigenvalue weighted by Crippen LogP contribution is -2.25. The van der Waals surface area contributed by atoms with E-state index in [4.69, 9.17) is 10.1 Å². The summed E-state index contributed by atoms with van der Waals surface area (Å²) in [7, 11) is 0. The topological polar surface area (TPSA) is 33.1 Å². The molecule has 0 heterocycles. The molecule has 2 nitrogen and oxygen atoms in total. The molecule has 0 spiro atoms. The number of halogens is 2. The van der Waals surface area contributed by atoms with Gasteiger partial charge in [-0.15, -0.1) is 0 Å². The summed E-state index contributed by atoms with van der Waals surface area (Å²) < 4.78 is 20.6. The Labute approximate surface area is 125 Å². The molecule has 0 fully saturated rings. The molecule has 0 saturated carbocycles. The Kier molecular flexibility index (Phi) is 3.34. The smallest absolute Gasteiger partial charge is 0.158 e. The van der Waals surface area contributed by atoms with Gasteiger partial charge < -0.3 is 10.1 Å². The predicted molar refractivity (Wildman–Crippen MR) is 82.0 cm³/mol. The molecular formula is C16H13BrFNO. The minimum atomic E-state index is -0.431.